The Bertz CT molecular complexity index is 1100. The van der Waals surface area contributed by atoms with Crippen LogP contribution < -0.4 is 5.32 Å². The summed E-state index contributed by atoms with van der Waals surface area (Å²) in [5.41, 5.74) is 2.63. The van der Waals surface area contributed by atoms with Crippen molar-refractivity contribution >= 4 is 29.0 Å². The largest absolute Gasteiger partial charge is 0.332 e. The molecule has 0 spiro atoms. The molecule has 1 unspecified atom stereocenters. The van der Waals surface area contributed by atoms with E-state index >= 15 is 0 Å². The molecule has 5 nitrogen and oxygen atoms in total. The van der Waals surface area contributed by atoms with Crippen LogP contribution in [0.2, 0.25) is 0 Å². The summed E-state index contributed by atoms with van der Waals surface area (Å²) < 4.78 is 13.4. The number of amides is 3. The molecule has 0 radical (unpaired) electrons. The van der Waals surface area contributed by atoms with Crippen LogP contribution in [0.1, 0.15) is 41.1 Å². The predicted molar refractivity (Wildman–Crippen MR) is 136 cm³/mol. The Morgan fingerprint density at radius 3 is 2.24 bits per heavy atom. The van der Waals surface area contributed by atoms with Gasteiger partial charge in [0.05, 0.1) is 6.54 Å². The fourth-order valence-corrected chi connectivity index (χ4v) is 4.43. The van der Waals surface area contributed by atoms with Crippen LogP contribution in [0.5, 0.6) is 0 Å². The van der Waals surface area contributed by atoms with E-state index in [2.05, 4.69) is 5.32 Å². The molecule has 7 heteroatoms. The first-order chi connectivity index (χ1) is 16.2. The van der Waals surface area contributed by atoms with Gasteiger partial charge in [0.25, 0.3) is 0 Å². The first-order valence-electron chi connectivity index (χ1n) is 11.5. The van der Waals surface area contributed by atoms with E-state index in [0.717, 1.165) is 22.4 Å². The van der Waals surface area contributed by atoms with E-state index in [0.29, 0.717) is 18.8 Å². The van der Waals surface area contributed by atoms with Crippen molar-refractivity contribution < 1.29 is 14.0 Å². The summed E-state index contributed by atoms with van der Waals surface area (Å²) in [6, 6.07) is 17.4. The SMILES string of the molecule is CCC(C)N(CC(=O)N(Cc1ccc(F)cc1)Cc1ccc(C)s1)C(=O)Nc1ccc(C)cc1. The van der Waals surface area contributed by atoms with Gasteiger partial charge in [0.1, 0.15) is 12.4 Å². The summed E-state index contributed by atoms with van der Waals surface area (Å²) in [4.78, 5) is 32.2. The smallest absolute Gasteiger partial charge is 0.322 e. The van der Waals surface area contributed by atoms with Crippen molar-refractivity contribution in [1.29, 1.82) is 0 Å². The van der Waals surface area contributed by atoms with Gasteiger partial charge >= 0.3 is 6.03 Å². The highest BCUT2D eigenvalue weighted by Crippen LogP contribution is 2.20. The molecule has 1 heterocycles. The van der Waals surface area contributed by atoms with Gasteiger partial charge in [-0.3, -0.25) is 4.79 Å². The van der Waals surface area contributed by atoms with Gasteiger partial charge in [-0.1, -0.05) is 36.8 Å². The quantitative estimate of drug-likeness (QED) is 0.386. The summed E-state index contributed by atoms with van der Waals surface area (Å²) in [5, 5.41) is 2.91. The topological polar surface area (TPSA) is 52.7 Å². The molecule has 1 aromatic heterocycles. The average Bonchev–Trinajstić information content (AvgIpc) is 3.23. The van der Waals surface area contributed by atoms with Crippen LogP contribution in [0.25, 0.3) is 0 Å². The Labute approximate surface area is 205 Å². The molecule has 0 aliphatic rings. The number of anilines is 1. The Morgan fingerprint density at radius 2 is 1.65 bits per heavy atom. The van der Waals surface area contributed by atoms with E-state index in [1.165, 1.54) is 17.0 Å². The number of nitrogens with zero attached hydrogens (tertiary/aromatic N) is 2. The van der Waals surface area contributed by atoms with Crippen molar-refractivity contribution in [2.45, 2.75) is 53.2 Å². The number of benzene rings is 2. The molecular weight excluding hydrogens is 449 g/mol. The molecule has 2 aromatic carbocycles. The number of halogens is 1. The van der Waals surface area contributed by atoms with E-state index in [1.807, 2.05) is 64.1 Å². The summed E-state index contributed by atoms with van der Waals surface area (Å²) in [6.07, 6.45) is 0.719. The van der Waals surface area contributed by atoms with Crippen molar-refractivity contribution in [3.05, 3.63) is 87.4 Å². The lowest BCUT2D eigenvalue weighted by molar-refractivity contribution is -0.133. The van der Waals surface area contributed by atoms with Gasteiger partial charge in [-0.25, -0.2) is 9.18 Å². The molecule has 0 fully saturated rings. The summed E-state index contributed by atoms with van der Waals surface area (Å²) in [5.74, 6) is -0.471. The van der Waals surface area contributed by atoms with Gasteiger partial charge in [0.2, 0.25) is 5.91 Å². The first-order valence-corrected chi connectivity index (χ1v) is 12.3. The van der Waals surface area contributed by atoms with Crippen LogP contribution in [-0.4, -0.2) is 34.3 Å². The zero-order valence-electron chi connectivity index (χ0n) is 20.2. The van der Waals surface area contributed by atoms with E-state index in [-0.39, 0.29) is 30.3 Å². The summed E-state index contributed by atoms with van der Waals surface area (Å²) in [6.45, 7) is 8.67. The van der Waals surface area contributed by atoms with Crippen molar-refractivity contribution in [2.75, 3.05) is 11.9 Å². The van der Waals surface area contributed by atoms with Gasteiger partial charge in [0.15, 0.2) is 0 Å². The van der Waals surface area contributed by atoms with E-state index < -0.39 is 0 Å². The minimum absolute atomic E-state index is 0.0434. The van der Waals surface area contributed by atoms with E-state index in [1.54, 1.807) is 33.3 Å². The Kier molecular flexibility index (Phi) is 8.82. The third kappa shape index (κ3) is 7.15. The zero-order chi connectivity index (χ0) is 24.7. The number of nitrogens with one attached hydrogen (secondary N) is 1. The highest BCUT2D eigenvalue weighted by Gasteiger charge is 2.25. The van der Waals surface area contributed by atoms with Gasteiger partial charge in [-0.05, 0) is 69.2 Å². The molecule has 0 saturated carbocycles. The second-order valence-corrected chi connectivity index (χ2v) is 9.94. The second kappa shape index (κ2) is 11.8. The number of hydrogen-bond acceptors (Lipinski definition) is 3. The number of hydrogen-bond donors (Lipinski definition) is 1. The Hall–Kier alpha value is -3.19. The normalized spacial score (nSPS) is 11.7. The molecule has 180 valence electrons. The lowest BCUT2D eigenvalue weighted by Crippen LogP contribution is -2.47. The van der Waals surface area contributed by atoms with Crippen LogP contribution in [0.15, 0.2) is 60.7 Å². The molecular formula is C27H32FN3O2S. The molecule has 34 heavy (non-hydrogen) atoms. The number of carbonyl (C=O) groups excluding carboxylic acids is 2. The standard InChI is InChI=1S/C27H32FN3O2S/c1-5-20(3)31(27(33)29-24-13-6-19(2)7-14-24)18-26(32)30(17-25-15-8-21(4)34-25)16-22-9-11-23(28)12-10-22/h6-15,20H,5,16-18H2,1-4H3,(H,29,33). The first kappa shape index (κ1) is 25.4. The van der Waals surface area contributed by atoms with Crippen molar-refractivity contribution in [3.63, 3.8) is 0 Å². The number of thiophene rings is 1. The highest BCUT2D eigenvalue weighted by molar-refractivity contribution is 7.11. The molecule has 0 aliphatic heterocycles. The minimum Gasteiger partial charge on any atom is -0.332 e. The molecule has 1 N–H and O–H groups in total. The molecule has 3 rings (SSSR count). The predicted octanol–water partition coefficient (Wildman–Crippen LogP) is 6.37. The van der Waals surface area contributed by atoms with Crippen LogP contribution >= 0.6 is 11.3 Å². The third-order valence-electron chi connectivity index (χ3n) is 5.77. The maximum absolute atomic E-state index is 13.5. The number of urea groups is 1. The monoisotopic (exact) mass is 481 g/mol. The zero-order valence-corrected chi connectivity index (χ0v) is 21.0. The molecule has 3 amide bonds. The number of rotatable bonds is 9. The van der Waals surface area contributed by atoms with Crippen molar-refractivity contribution in [2.24, 2.45) is 0 Å². The van der Waals surface area contributed by atoms with Gasteiger partial charge in [-0.15, -0.1) is 11.3 Å². The lowest BCUT2D eigenvalue weighted by atomic mass is 10.2. The summed E-state index contributed by atoms with van der Waals surface area (Å²) >= 11 is 1.64. The maximum Gasteiger partial charge on any atom is 0.322 e. The van der Waals surface area contributed by atoms with Crippen LogP contribution in [0.3, 0.4) is 0 Å². The molecule has 0 aliphatic carbocycles. The lowest BCUT2D eigenvalue weighted by Gasteiger charge is -2.31. The van der Waals surface area contributed by atoms with Crippen LogP contribution in [0.4, 0.5) is 14.9 Å². The highest BCUT2D eigenvalue weighted by atomic mass is 32.1. The van der Waals surface area contributed by atoms with Crippen molar-refractivity contribution in [1.82, 2.24) is 9.80 Å². The fourth-order valence-electron chi connectivity index (χ4n) is 3.53. The van der Waals surface area contributed by atoms with Crippen LogP contribution in [-0.2, 0) is 17.9 Å². The van der Waals surface area contributed by atoms with E-state index in [4.69, 9.17) is 0 Å². The molecule has 0 bridgehead atoms. The van der Waals surface area contributed by atoms with Gasteiger partial charge in [0, 0.05) is 28.0 Å². The minimum atomic E-state index is -0.314. The molecule has 0 saturated heterocycles. The Morgan fingerprint density at radius 1 is 0.971 bits per heavy atom. The number of aryl methyl sites for hydroxylation is 2. The van der Waals surface area contributed by atoms with Gasteiger partial charge < -0.3 is 15.1 Å². The average molecular weight is 482 g/mol. The van der Waals surface area contributed by atoms with Crippen LogP contribution in [0, 0.1) is 19.7 Å². The second-order valence-electron chi connectivity index (χ2n) is 8.57. The maximum atomic E-state index is 13.5. The fraction of sp³-hybridized carbons (Fsp3) is 0.333. The molecule has 3 aromatic rings. The van der Waals surface area contributed by atoms with Gasteiger partial charge in [-0.2, -0.15) is 0 Å². The summed E-state index contributed by atoms with van der Waals surface area (Å²) in [7, 11) is 0. The number of carbonyl (C=O) groups is 2. The Balaban J connectivity index is 1.78. The van der Waals surface area contributed by atoms with E-state index in [9.17, 15) is 14.0 Å². The molecule has 1 atom stereocenters. The third-order valence-corrected chi connectivity index (χ3v) is 6.76. The van der Waals surface area contributed by atoms with Crippen molar-refractivity contribution in [3.8, 4) is 0 Å².